The van der Waals surface area contributed by atoms with Crippen molar-refractivity contribution in [3.63, 3.8) is 0 Å². The first kappa shape index (κ1) is 38.1. The minimum atomic E-state index is 0.628. The Labute approximate surface area is 391 Å². The molecular weight excluding hydrogens is 827 g/mol. The molecule has 0 bridgehead atoms. The molecule has 0 saturated carbocycles. The lowest BCUT2D eigenvalue weighted by Crippen LogP contribution is -2.02. The lowest BCUT2D eigenvalue weighted by molar-refractivity contribution is 1.08. The van der Waals surface area contributed by atoms with E-state index in [0.717, 1.165) is 60.8 Å². The number of hydrogen-bond acceptors (Lipinski definition) is 3. The van der Waals surface area contributed by atoms with Gasteiger partial charge in [0.1, 0.15) is 0 Å². The van der Waals surface area contributed by atoms with Gasteiger partial charge in [-0.15, -0.1) is 0 Å². The fourth-order valence-electron chi connectivity index (χ4n) is 10.6. The van der Waals surface area contributed by atoms with E-state index in [0.29, 0.717) is 17.5 Å². The zero-order valence-corrected chi connectivity index (χ0v) is 36.8. The van der Waals surface area contributed by atoms with E-state index in [9.17, 15) is 0 Å². The van der Waals surface area contributed by atoms with Gasteiger partial charge in [-0.2, -0.15) is 0 Å². The van der Waals surface area contributed by atoms with Gasteiger partial charge in [-0.25, -0.2) is 15.0 Å². The van der Waals surface area contributed by atoms with E-state index < -0.39 is 0 Å². The topological polar surface area (TPSA) is 48.5 Å². The molecule has 0 aliphatic carbocycles. The summed E-state index contributed by atoms with van der Waals surface area (Å²) in [6.45, 7) is 0. The molecule has 0 aliphatic heterocycles. The van der Waals surface area contributed by atoms with Crippen molar-refractivity contribution in [2.45, 2.75) is 0 Å². The Morgan fingerprint density at radius 1 is 0.265 bits per heavy atom. The van der Waals surface area contributed by atoms with Crippen LogP contribution in [0.2, 0.25) is 0 Å². The van der Waals surface area contributed by atoms with E-state index in [2.05, 4.69) is 228 Å². The Morgan fingerprint density at radius 2 is 0.838 bits per heavy atom. The van der Waals surface area contributed by atoms with E-state index in [1.807, 2.05) is 18.2 Å². The number of benzene rings is 11. The summed E-state index contributed by atoms with van der Waals surface area (Å²) in [6.07, 6.45) is 0. The molecule has 0 aliphatic rings. The monoisotopic (exact) mass is 865 g/mol. The van der Waals surface area contributed by atoms with Gasteiger partial charge in [-0.3, -0.25) is 0 Å². The molecule has 5 nitrogen and oxygen atoms in total. The van der Waals surface area contributed by atoms with Gasteiger partial charge in [-0.1, -0.05) is 182 Å². The highest BCUT2D eigenvalue weighted by molar-refractivity contribution is 6.25. The average molecular weight is 866 g/mol. The zero-order chi connectivity index (χ0) is 44.7. The summed E-state index contributed by atoms with van der Waals surface area (Å²) in [5.41, 5.74) is 12.0. The third kappa shape index (κ3) is 5.99. The van der Waals surface area contributed by atoms with Crippen LogP contribution in [0.1, 0.15) is 0 Å². The summed E-state index contributed by atoms with van der Waals surface area (Å²) in [5, 5.41) is 11.8. The molecule has 14 rings (SSSR count). The Balaban J connectivity index is 1.01. The van der Waals surface area contributed by atoms with Crippen molar-refractivity contribution in [1.29, 1.82) is 0 Å². The third-order valence-electron chi connectivity index (χ3n) is 13.7. The average Bonchev–Trinajstić information content (AvgIpc) is 3.92. The van der Waals surface area contributed by atoms with Gasteiger partial charge in [0.2, 0.25) is 0 Å². The van der Waals surface area contributed by atoms with Crippen molar-refractivity contribution in [2.24, 2.45) is 0 Å². The Morgan fingerprint density at radius 3 is 1.63 bits per heavy atom. The molecule has 14 aromatic rings. The smallest absolute Gasteiger partial charge is 0.164 e. The minimum Gasteiger partial charge on any atom is -0.309 e. The van der Waals surface area contributed by atoms with Crippen LogP contribution in [0.5, 0.6) is 0 Å². The molecule has 0 atom stereocenters. The summed E-state index contributed by atoms with van der Waals surface area (Å²) in [5.74, 6) is 1.90. The second-order valence-electron chi connectivity index (χ2n) is 17.6. The maximum absolute atomic E-state index is 5.25. The first-order valence-corrected chi connectivity index (χ1v) is 23.1. The van der Waals surface area contributed by atoms with E-state index >= 15 is 0 Å². The molecule has 0 saturated heterocycles. The van der Waals surface area contributed by atoms with Crippen LogP contribution in [0.25, 0.3) is 133 Å². The Bertz CT molecular complexity index is 4300. The van der Waals surface area contributed by atoms with Crippen LogP contribution in [0.15, 0.2) is 237 Å². The molecule has 0 unspecified atom stereocenters. The van der Waals surface area contributed by atoms with Crippen LogP contribution in [0.3, 0.4) is 0 Å². The fourth-order valence-corrected chi connectivity index (χ4v) is 10.6. The molecule has 68 heavy (non-hydrogen) atoms. The Hall–Kier alpha value is -9.19. The SMILES string of the molecule is c1ccc(-c2ccc(-n3c4cc5c(cc4c4c6ccccc6ccc43)c3ccccc3n5-c3ccc(-c4nc(-c5ccccc5)nc(-c5ccc6ccccc6c5)n4)c4ccccc34)cc2)cc1. The van der Waals surface area contributed by atoms with Crippen LogP contribution in [0, 0.1) is 0 Å². The molecule has 0 fully saturated rings. The minimum absolute atomic E-state index is 0.628. The maximum Gasteiger partial charge on any atom is 0.164 e. The molecule has 0 amide bonds. The molecule has 316 valence electrons. The summed E-state index contributed by atoms with van der Waals surface area (Å²) >= 11 is 0. The van der Waals surface area contributed by atoms with Crippen LogP contribution in [-0.2, 0) is 0 Å². The maximum atomic E-state index is 5.25. The van der Waals surface area contributed by atoms with Crippen molar-refractivity contribution in [1.82, 2.24) is 24.1 Å². The van der Waals surface area contributed by atoms with Gasteiger partial charge >= 0.3 is 0 Å². The summed E-state index contributed by atoms with van der Waals surface area (Å²) < 4.78 is 4.91. The largest absolute Gasteiger partial charge is 0.309 e. The first-order valence-electron chi connectivity index (χ1n) is 23.1. The predicted molar refractivity (Wildman–Crippen MR) is 283 cm³/mol. The van der Waals surface area contributed by atoms with Crippen molar-refractivity contribution in [2.75, 3.05) is 0 Å². The molecule has 0 radical (unpaired) electrons. The van der Waals surface area contributed by atoms with E-state index in [-0.39, 0.29) is 0 Å². The van der Waals surface area contributed by atoms with E-state index in [4.69, 9.17) is 15.0 Å². The zero-order valence-electron chi connectivity index (χ0n) is 36.8. The lowest BCUT2D eigenvalue weighted by Gasteiger charge is -2.15. The predicted octanol–water partition coefficient (Wildman–Crippen LogP) is 16.2. The van der Waals surface area contributed by atoms with Gasteiger partial charge in [0, 0.05) is 49.3 Å². The van der Waals surface area contributed by atoms with Crippen molar-refractivity contribution in [3.8, 4) is 56.7 Å². The third-order valence-corrected chi connectivity index (χ3v) is 13.7. The number of rotatable bonds is 6. The molecular formula is C63H39N5. The second kappa shape index (κ2) is 15.2. The highest BCUT2D eigenvalue weighted by Crippen LogP contribution is 2.44. The summed E-state index contributed by atoms with van der Waals surface area (Å²) in [4.78, 5) is 15.6. The Kier molecular flexibility index (Phi) is 8.52. The summed E-state index contributed by atoms with van der Waals surface area (Å²) in [6, 6.07) is 84.8. The number of para-hydroxylation sites is 1. The second-order valence-corrected chi connectivity index (χ2v) is 17.6. The van der Waals surface area contributed by atoms with E-state index in [1.165, 1.54) is 54.3 Å². The van der Waals surface area contributed by atoms with Gasteiger partial charge < -0.3 is 9.13 Å². The van der Waals surface area contributed by atoms with Gasteiger partial charge in [-0.05, 0) is 92.7 Å². The van der Waals surface area contributed by atoms with Gasteiger partial charge in [0.15, 0.2) is 17.5 Å². The fraction of sp³-hybridized carbons (Fsp3) is 0. The van der Waals surface area contributed by atoms with Crippen LogP contribution in [0.4, 0.5) is 0 Å². The number of fused-ring (bicyclic) bond motifs is 10. The standard InChI is InChI=1S/C63H39N5/c1-3-15-40(16-4-1)42-29-32-47(33-30-42)67-57-35-31-43-18-9-10-22-48(43)60(57)54-38-53-51-25-13-14-26-55(51)68(58(53)39-59(54)67)56-36-34-52(49-23-11-12-24-50(49)56)63-65-61(44-19-5-2-6-20-44)64-62(66-63)46-28-27-41-17-7-8-21-45(41)37-46/h1-39H. The number of aromatic nitrogens is 5. The molecule has 5 heteroatoms. The van der Waals surface area contributed by atoms with Crippen LogP contribution >= 0.6 is 0 Å². The number of nitrogens with zero attached hydrogens (tertiary/aromatic N) is 5. The lowest BCUT2D eigenvalue weighted by atomic mass is 10.0. The molecule has 3 heterocycles. The van der Waals surface area contributed by atoms with E-state index in [1.54, 1.807) is 0 Å². The molecule has 11 aromatic carbocycles. The normalized spacial score (nSPS) is 11.8. The van der Waals surface area contributed by atoms with Gasteiger partial charge in [0.25, 0.3) is 0 Å². The molecule has 0 N–H and O–H groups in total. The van der Waals surface area contributed by atoms with Crippen molar-refractivity contribution >= 4 is 75.9 Å². The van der Waals surface area contributed by atoms with Crippen molar-refractivity contribution < 1.29 is 0 Å². The van der Waals surface area contributed by atoms with Crippen molar-refractivity contribution in [3.05, 3.63) is 237 Å². The number of hydrogen-bond donors (Lipinski definition) is 0. The molecule has 3 aromatic heterocycles. The highest BCUT2D eigenvalue weighted by Gasteiger charge is 2.22. The molecule has 0 spiro atoms. The highest BCUT2D eigenvalue weighted by atomic mass is 15.0. The van der Waals surface area contributed by atoms with Crippen LogP contribution < -0.4 is 0 Å². The van der Waals surface area contributed by atoms with Crippen LogP contribution in [-0.4, -0.2) is 24.1 Å². The summed E-state index contributed by atoms with van der Waals surface area (Å²) in [7, 11) is 0. The quantitative estimate of drug-likeness (QED) is 0.167. The first-order chi connectivity index (χ1) is 33.7. The van der Waals surface area contributed by atoms with Gasteiger partial charge in [0.05, 0.1) is 27.8 Å².